The number of carbonyl (C=O) groups is 3. The first kappa shape index (κ1) is 30.2. The lowest BCUT2D eigenvalue weighted by Gasteiger charge is -2.43. The minimum absolute atomic E-state index is 0.0643. The summed E-state index contributed by atoms with van der Waals surface area (Å²) in [6, 6.07) is 3.38. The topological polar surface area (TPSA) is 142 Å². The third-order valence-electron chi connectivity index (χ3n) is 8.36. The van der Waals surface area contributed by atoms with Gasteiger partial charge in [-0.3, -0.25) is 14.4 Å². The third-order valence-corrected chi connectivity index (χ3v) is 9.11. The molecule has 2 heterocycles. The van der Waals surface area contributed by atoms with Crippen molar-refractivity contribution < 1.29 is 24.2 Å². The molecule has 11 heteroatoms. The number of carbonyl (C=O) groups excluding carboxylic acids is 2. The highest BCUT2D eigenvalue weighted by atomic mass is 79.9. The van der Waals surface area contributed by atoms with Gasteiger partial charge in [0, 0.05) is 48.3 Å². The number of aliphatic carboxylic acids is 1. The number of carboxylic acids is 1. The molecule has 2 amide bonds. The lowest BCUT2D eigenvalue weighted by molar-refractivity contribution is -0.154. The number of fused-ring (bicyclic) bond motifs is 1. The molecule has 1 aromatic rings. The van der Waals surface area contributed by atoms with E-state index in [1.54, 1.807) is 6.20 Å². The largest absolute Gasteiger partial charge is 0.487 e. The summed E-state index contributed by atoms with van der Waals surface area (Å²) in [7, 11) is 0. The second-order valence-electron chi connectivity index (χ2n) is 11.7. The Bertz CT molecular complexity index is 1160. The van der Waals surface area contributed by atoms with Crippen molar-refractivity contribution >= 4 is 33.7 Å². The highest BCUT2D eigenvalue weighted by Crippen LogP contribution is 2.43. The van der Waals surface area contributed by atoms with Crippen LogP contribution in [0.2, 0.25) is 0 Å². The van der Waals surface area contributed by atoms with E-state index >= 15 is 0 Å². The van der Waals surface area contributed by atoms with Gasteiger partial charge < -0.3 is 30.4 Å². The van der Waals surface area contributed by atoms with Gasteiger partial charge in [-0.05, 0) is 56.7 Å². The molecular formula is C29H42BrN5O5. The van der Waals surface area contributed by atoms with E-state index < -0.39 is 23.8 Å². The molecule has 2 fully saturated rings. The second kappa shape index (κ2) is 12.8. The van der Waals surface area contributed by atoms with Crippen molar-refractivity contribution in [2.24, 2.45) is 29.3 Å². The first-order valence-corrected chi connectivity index (χ1v) is 15.0. The van der Waals surface area contributed by atoms with Crippen LogP contribution in [0.3, 0.4) is 0 Å². The molecule has 0 unspecified atom stereocenters. The molecule has 220 valence electrons. The summed E-state index contributed by atoms with van der Waals surface area (Å²) in [5.41, 5.74) is 8.52. The molecule has 2 aliphatic heterocycles. The Morgan fingerprint density at radius 1 is 1.25 bits per heavy atom. The first-order chi connectivity index (χ1) is 19.0. The van der Waals surface area contributed by atoms with E-state index in [9.17, 15) is 19.5 Å². The van der Waals surface area contributed by atoms with Crippen molar-refractivity contribution in [3.05, 3.63) is 39.6 Å². The van der Waals surface area contributed by atoms with Crippen LogP contribution < -0.4 is 16.3 Å². The third kappa shape index (κ3) is 6.57. The molecule has 0 aromatic heterocycles. The summed E-state index contributed by atoms with van der Waals surface area (Å²) in [4.78, 5) is 42.7. The van der Waals surface area contributed by atoms with Gasteiger partial charge in [-0.15, -0.1) is 0 Å². The van der Waals surface area contributed by atoms with E-state index in [0.29, 0.717) is 56.8 Å². The van der Waals surface area contributed by atoms with E-state index in [1.165, 1.54) is 5.01 Å². The van der Waals surface area contributed by atoms with Crippen molar-refractivity contribution in [1.29, 1.82) is 0 Å². The maximum atomic E-state index is 14.1. The zero-order valence-corrected chi connectivity index (χ0v) is 25.2. The maximum Gasteiger partial charge on any atom is 0.307 e. The molecule has 0 spiro atoms. The molecular weight excluding hydrogens is 578 g/mol. The number of benzene rings is 1. The number of halogens is 1. The van der Waals surface area contributed by atoms with Crippen molar-refractivity contribution in [3.63, 3.8) is 0 Å². The Labute approximate surface area is 244 Å². The molecule has 3 aliphatic rings. The number of rotatable bonds is 9. The Balaban J connectivity index is 1.70. The second-order valence-corrected chi connectivity index (χ2v) is 12.6. The van der Waals surface area contributed by atoms with Crippen LogP contribution in [-0.4, -0.2) is 70.0 Å². The van der Waals surface area contributed by atoms with Crippen molar-refractivity contribution in [3.8, 4) is 5.75 Å². The van der Waals surface area contributed by atoms with Crippen LogP contribution >= 0.6 is 15.9 Å². The number of amides is 2. The normalized spacial score (nSPS) is 25.2. The van der Waals surface area contributed by atoms with Gasteiger partial charge in [-0.25, -0.2) is 5.84 Å². The molecule has 4 rings (SSSR count). The molecule has 1 saturated heterocycles. The first-order valence-electron chi connectivity index (χ1n) is 14.2. The maximum absolute atomic E-state index is 14.1. The smallest absolute Gasteiger partial charge is 0.307 e. The number of carboxylic acid groups (broad SMARTS) is 1. The fourth-order valence-electron chi connectivity index (χ4n) is 6.19. The van der Waals surface area contributed by atoms with Gasteiger partial charge in [0.1, 0.15) is 12.4 Å². The monoisotopic (exact) mass is 619 g/mol. The van der Waals surface area contributed by atoms with Gasteiger partial charge in [-0.1, -0.05) is 35.7 Å². The Morgan fingerprint density at radius 3 is 2.58 bits per heavy atom. The van der Waals surface area contributed by atoms with Crippen LogP contribution in [0.5, 0.6) is 5.75 Å². The Morgan fingerprint density at radius 2 is 1.95 bits per heavy atom. The zero-order valence-electron chi connectivity index (χ0n) is 23.6. The molecule has 40 heavy (non-hydrogen) atoms. The van der Waals surface area contributed by atoms with Gasteiger partial charge in [-0.2, -0.15) is 0 Å². The highest BCUT2D eigenvalue weighted by molar-refractivity contribution is 9.10. The minimum atomic E-state index is -0.917. The molecule has 0 radical (unpaired) electrons. The molecule has 4 atom stereocenters. The summed E-state index contributed by atoms with van der Waals surface area (Å²) in [5, 5.41) is 11.4. The summed E-state index contributed by atoms with van der Waals surface area (Å²) < 4.78 is 7.15. The quantitative estimate of drug-likeness (QED) is 0.282. The predicted molar refractivity (Wildman–Crippen MR) is 155 cm³/mol. The van der Waals surface area contributed by atoms with E-state index in [1.807, 2.05) is 42.7 Å². The van der Waals surface area contributed by atoms with E-state index in [0.717, 1.165) is 28.4 Å². The van der Waals surface area contributed by atoms with Gasteiger partial charge in [0.2, 0.25) is 11.8 Å². The van der Waals surface area contributed by atoms with Gasteiger partial charge in [0.25, 0.3) is 0 Å². The molecule has 0 bridgehead atoms. The molecule has 1 aromatic carbocycles. The van der Waals surface area contributed by atoms with E-state index in [2.05, 4.69) is 15.9 Å². The lowest BCUT2D eigenvalue weighted by atomic mass is 9.77. The lowest BCUT2D eigenvalue weighted by Crippen LogP contribution is -2.50. The minimum Gasteiger partial charge on any atom is -0.487 e. The average Bonchev–Trinajstić information content (AvgIpc) is 3.23. The standard InChI is InChI=1S/C29H42BrN5O5/c1-17(2)35(32)14-19(31)16-40-25-9-8-23(30)22-10-11-34(28(37)20-6-4-5-7-21(20)29(38)39)24(27(22)25)15-33-13-18(3)12-26(33)36/h8-9,14,17-18,20-21,24H,4-7,10-13,15-16,31-32H2,1-3H3,(H,38,39)/b19-14-/t18-,20-,21+,24-/m1/s1. The zero-order chi connectivity index (χ0) is 29.1. The fraction of sp³-hybridized carbons (Fsp3) is 0.621. The van der Waals surface area contributed by atoms with Crippen LogP contribution in [-0.2, 0) is 20.8 Å². The number of nitrogens with zero attached hydrogens (tertiary/aromatic N) is 3. The van der Waals surface area contributed by atoms with Crippen molar-refractivity contribution in [1.82, 2.24) is 14.8 Å². The Hall–Kier alpha value is -2.79. The molecule has 10 nitrogen and oxygen atoms in total. The van der Waals surface area contributed by atoms with Crippen LogP contribution in [0, 0.1) is 17.8 Å². The van der Waals surface area contributed by atoms with Crippen LogP contribution in [0.25, 0.3) is 0 Å². The molecule has 5 N–H and O–H groups in total. The SMILES string of the molecule is CC(C)N(N)/C=C(\N)COc1ccc(Br)c2c1[C@@H](CN1C[C@H](C)CC1=O)N(C(=O)[C@@H]1CCCC[C@@H]1C(=O)O)CC2. The average molecular weight is 621 g/mol. The number of hydrogen-bond acceptors (Lipinski definition) is 7. The van der Waals surface area contributed by atoms with E-state index in [4.69, 9.17) is 16.3 Å². The number of nitrogens with two attached hydrogens (primary N) is 2. The van der Waals surface area contributed by atoms with Crippen LogP contribution in [0.4, 0.5) is 0 Å². The molecule has 1 saturated carbocycles. The highest BCUT2D eigenvalue weighted by Gasteiger charge is 2.43. The van der Waals surface area contributed by atoms with Gasteiger partial charge in [0.15, 0.2) is 0 Å². The molecule has 1 aliphatic carbocycles. The summed E-state index contributed by atoms with van der Waals surface area (Å²) >= 11 is 3.69. The van der Waals surface area contributed by atoms with Crippen molar-refractivity contribution in [2.75, 3.05) is 26.2 Å². The summed E-state index contributed by atoms with van der Waals surface area (Å²) in [5.74, 6) is 4.55. The fourth-order valence-corrected chi connectivity index (χ4v) is 6.73. The predicted octanol–water partition coefficient (Wildman–Crippen LogP) is 3.40. The number of ether oxygens (including phenoxy) is 1. The number of hydrazine groups is 1. The van der Waals surface area contributed by atoms with Crippen LogP contribution in [0.1, 0.15) is 70.0 Å². The van der Waals surface area contributed by atoms with Gasteiger partial charge >= 0.3 is 5.97 Å². The number of likely N-dealkylation sites (tertiary alicyclic amines) is 1. The summed E-state index contributed by atoms with van der Waals surface area (Å²) in [6.45, 7) is 7.44. The number of hydrogen-bond donors (Lipinski definition) is 3. The Kier molecular flexibility index (Phi) is 9.66. The van der Waals surface area contributed by atoms with E-state index in [-0.39, 0.29) is 30.4 Å². The summed E-state index contributed by atoms with van der Waals surface area (Å²) in [6.07, 6.45) is 5.40. The van der Waals surface area contributed by atoms with Crippen LogP contribution in [0.15, 0.2) is 28.5 Å². The van der Waals surface area contributed by atoms with Crippen molar-refractivity contribution in [2.45, 2.75) is 71.4 Å². The van der Waals surface area contributed by atoms with Gasteiger partial charge in [0.05, 0.1) is 23.6 Å².